The topological polar surface area (TPSA) is 42.2 Å². The molecule has 16 heavy (non-hydrogen) atoms. The second-order valence-corrected chi connectivity index (χ2v) is 3.99. The molecule has 0 unspecified atom stereocenters. The Labute approximate surface area is 94.3 Å². The zero-order valence-corrected chi connectivity index (χ0v) is 9.74. The number of para-hydroxylation sites is 1. The highest BCUT2D eigenvalue weighted by molar-refractivity contribution is 5.99. The third kappa shape index (κ3) is 1.32. The van der Waals surface area contributed by atoms with Gasteiger partial charge in [-0.3, -0.25) is 0 Å². The summed E-state index contributed by atoms with van der Waals surface area (Å²) in [5.41, 5.74) is 3.43. The number of carboxylic acids is 1. The zero-order valence-electron chi connectivity index (χ0n) is 9.74. The number of hydrogen-bond acceptors (Lipinski definition) is 1. The molecule has 0 saturated carbocycles. The summed E-state index contributed by atoms with van der Waals surface area (Å²) in [6, 6.07) is 5.96. The van der Waals surface area contributed by atoms with Crippen LogP contribution in [0.3, 0.4) is 0 Å². The maximum absolute atomic E-state index is 11.3. The highest BCUT2D eigenvalue weighted by Crippen LogP contribution is 2.28. The third-order valence-electron chi connectivity index (χ3n) is 3.06. The fourth-order valence-corrected chi connectivity index (χ4v) is 2.35. The Hall–Kier alpha value is -1.77. The van der Waals surface area contributed by atoms with Crippen molar-refractivity contribution in [2.75, 3.05) is 0 Å². The number of rotatable bonds is 2. The number of aromatic carboxylic acids is 1. The van der Waals surface area contributed by atoms with Gasteiger partial charge in [-0.15, -0.1) is 0 Å². The summed E-state index contributed by atoms with van der Waals surface area (Å²) in [6.07, 6.45) is 0. The molecule has 0 atom stereocenters. The second-order valence-electron chi connectivity index (χ2n) is 3.99. The first-order valence-electron chi connectivity index (χ1n) is 5.39. The first kappa shape index (κ1) is 10.7. The number of hydrogen-bond donors (Lipinski definition) is 1. The minimum Gasteiger partial charge on any atom is -0.477 e. The van der Waals surface area contributed by atoms with Gasteiger partial charge in [0.15, 0.2) is 0 Å². The van der Waals surface area contributed by atoms with Crippen LogP contribution in [0.1, 0.15) is 28.5 Å². The van der Waals surface area contributed by atoms with E-state index in [1.165, 1.54) is 0 Å². The maximum atomic E-state index is 11.3. The van der Waals surface area contributed by atoms with Crippen molar-refractivity contribution in [2.24, 2.45) is 0 Å². The van der Waals surface area contributed by atoms with Crippen molar-refractivity contribution in [1.82, 2.24) is 4.57 Å². The Bertz CT molecular complexity index is 567. The third-order valence-corrected chi connectivity index (χ3v) is 3.06. The van der Waals surface area contributed by atoms with E-state index < -0.39 is 5.97 Å². The van der Waals surface area contributed by atoms with E-state index in [4.69, 9.17) is 0 Å². The Morgan fingerprint density at radius 2 is 2.06 bits per heavy atom. The summed E-state index contributed by atoms with van der Waals surface area (Å²) in [7, 11) is 0. The Balaban J connectivity index is 2.97. The van der Waals surface area contributed by atoms with Gasteiger partial charge >= 0.3 is 5.97 Å². The summed E-state index contributed by atoms with van der Waals surface area (Å²) in [5.74, 6) is -0.852. The molecule has 0 spiro atoms. The molecule has 0 amide bonds. The maximum Gasteiger partial charge on any atom is 0.352 e. The van der Waals surface area contributed by atoms with Crippen LogP contribution in [0.25, 0.3) is 10.9 Å². The predicted octanol–water partition coefficient (Wildman–Crippen LogP) is 2.98. The van der Waals surface area contributed by atoms with Gasteiger partial charge in [0.25, 0.3) is 0 Å². The smallest absolute Gasteiger partial charge is 0.352 e. The van der Waals surface area contributed by atoms with Gasteiger partial charge in [0.1, 0.15) is 5.69 Å². The van der Waals surface area contributed by atoms with Gasteiger partial charge in [-0.2, -0.15) is 0 Å². The normalized spacial score (nSPS) is 10.9. The van der Waals surface area contributed by atoms with Crippen LogP contribution in [0.5, 0.6) is 0 Å². The van der Waals surface area contributed by atoms with Crippen LogP contribution < -0.4 is 0 Å². The molecule has 1 aromatic heterocycles. The quantitative estimate of drug-likeness (QED) is 0.840. The lowest BCUT2D eigenvalue weighted by Gasteiger charge is -2.06. The van der Waals surface area contributed by atoms with Crippen molar-refractivity contribution in [1.29, 1.82) is 0 Å². The van der Waals surface area contributed by atoms with Crippen LogP contribution in [0.2, 0.25) is 0 Å². The first-order chi connectivity index (χ1) is 7.57. The van der Waals surface area contributed by atoms with Gasteiger partial charge in [0.2, 0.25) is 0 Å². The molecule has 3 nitrogen and oxygen atoms in total. The number of carboxylic acid groups (broad SMARTS) is 1. The van der Waals surface area contributed by atoms with Gasteiger partial charge in [-0.05, 0) is 31.9 Å². The molecular formula is C13H15NO2. The van der Waals surface area contributed by atoms with E-state index in [9.17, 15) is 9.90 Å². The monoisotopic (exact) mass is 217 g/mol. The van der Waals surface area contributed by atoms with Gasteiger partial charge in [-0.1, -0.05) is 18.2 Å². The SMILES string of the molecule is CCn1c(C(=O)O)c(C)c2cccc(C)c21. The van der Waals surface area contributed by atoms with E-state index in [0.717, 1.165) is 22.0 Å². The van der Waals surface area contributed by atoms with Crippen molar-refractivity contribution < 1.29 is 9.90 Å². The highest BCUT2D eigenvalue weighted by Gasteiger charge is 2.19. The number of aromatic nitrogens is 1. The molecule has 1 heterocycles. The van der Waals surface area contributed by atoms with E-state index in [1.807, 2.05) is 43.5 Å². The molecule has 1 N–H and O–H groups in total. The summed E-state index contributed by atoms with van der Waals surface area (Å²) in [6.45, 7) is 6.53. The summed E-state index contributed by atoms with van der Waals surface area (Å²) in [5, 5.41) is 10.3. The fourth-order valence-electron chi connectivity index (χ4n) is 2.35. The van der Waals surface area contributed by atoms with Crippen LogP contribution in [0, 0.1) is 13.8 Å². The molecule has 84 valence electrons. The molecule has 0 saturated heterocycles. The summed E-state index contributed by atoms with van der Waals surface area (Å²) >= 11 is 0. The van der Waals surface area contributed by atoms with E-state index in [2.05, 4.69) is 0 Å². The van der Waals surface area contributed by atoms with Gasteiger partial charge in [-0.25, -0.2) is 4.79 Å². The average Bonchev–Trinajstić information content (AvgIpc) is 2.53. The van der Waals surface area contributed by atoms with Crippen molar-refractivity contribution >= 4 is 16.9 Å². The first-order valence-corrected chi connectivity index (χ1v) is 5.39. The molecule has 0 bridgehead atoms. The fraction of sp³-hybridized carbons (Fsp3) is 0.308. The molecule has 0 aliphatic heterocycles. The average molecular weight is 217 g/mol. The molecule has 0 aliphatic carbocycles. The van der Waals surface area contributed by atoms with Gasteiger partial charge in [0.05, 0.1) is 5.52 Å². The number of nitrogens with zero attached hydrogens (tertiary/aromatic N) is 1. The van der Waals surface area contributed by atoms with Crippen LogP contribution in [-0.4, -0.2) is 15.6 Å². The second kappa shape index (κ2) is 3.67. The highest BCUT2D eigenvalue weighted by atomic mass is 16.4. The lowest BCUT2D eigenvalue weighted by atomic mass is 10.1. The van der Waals surface area contributed by atoms with E-state index in [1.54, 1.807) is 0 Å². The largest absolute Gasteiger partial charge is 0.477 e. The molecule has 2 aromatic rings. The number of fused-ring (bicyclic) bond motifs is 1. The van der Waals surface area contributed by atoms with Gasteiger partial charge < -0.3 is 9.67 Å². The Morgan fingerprint density at radius 1 is 1.38 bits per heavy atom. The summed E-state index contributed by atoms with van der Waals surface area (Å²) < 4.78 is 1.88. The molecule has 0 aliphatic rings. The van der Waals surface area contributed by atoms with Crippen LogP contribution in [0.4, 0.5) is 0 Å². The van der Waals surface area contributed by atoms with E-state index >= 15 is 0 Å². The van der Waals surface area contributed by atoms with Crippen LogP contribution in [0.15, 0.2) is 18.2 Å². The van der Waals surface area contributed by atoms with Crippen molar-refractivity contribution in [3.63, 3.8) is 0 Å². The Kier molecular flexibility index (Phi) is 2.46. The van der Waals surface area contributed by atoms with E-state index in [0.29, 0.717) is 12.2 Å². The number of benzene rings is 1. The van der Waals surface area contributed by atoms with Crippen molar-refractivity contribution in [3.05, 3.63) is 35.0 Å². The molecule has 3 heteroatoms. The molecule has 0 fully saturated rings. The van der Waals surface area contributed by atoms with E-state index in [-0.39, 0.29) is 0 Å². The standard InChI is InChI=1S/C13H15NO2/c1-4-14-11-8(2)6-5-7-10(11)9(3)12(14)13(15)16/h5-7H,4H2,1-3H3,(H,15,16). The molecule has 1 aromatic carbocycles. The molecular weight excluding hydrogens is 202 g/mol. The zero-order chi connectivity index (χ0) is 11.9. The lowest BCUT2D eigenvalue weighted by Crippen LogP contribution is -2.08. The van der Waals surface area contributed by atoms with Gasteiger partial charge in [0, 0.05) is 11.9 Å². The Morgan fingerprint density at radius 3 is 2.62 bits per heavy atom. The lowest BCUT2D eigenvalue weighted by molar-refractivity contribution is 0.0685. The van der Waals surface area contributed by atoms with Crippen LogP contribution in [-0.2, 0) is 6.54 Å². The van der Waals surface area contributed by atoms with Crippen molar-refractivity contribution in [2.45, 2.75) is 27.3 Å². The van der Waals surface area contributed by atoms with Crippen molar-refractivity contribution in [3.8, 4) is 0 Å². The minimum atomic E-state index is -0.852. The predicted molar refractivity (Wildman–Crippen MR) is 64.0 cm³/mol. The number of aryl methyl sites for hydroxylation is 3. The number of carbonyl (C=O) groups is 1. The molecule has 0 radical (unpaired) electrons. The van der Waals surface area contributed by atoms with Crippen LogP contribution >= 0.6 is 0 Å². The molecule has 2 rings (SSSR count). The minimum absolute atomic E-state index is 0.409. The summed E-state index contributed by atoms with van der Waals surface area (Å²) in [4.78, 5) is 11.3.